The minimum atomic E-state index is -0.702. The van der Waals surface area contributed by atoms with Crippen molar-refractivity contribution in [2.45, 2.75) is 24.0 Å². The number of thiazole rings is 1. The molecule has 0 fully saturated rings. The van der Waals surface area contributed by atoms with Crippen LogP contribution in [0.2, 0.25) is 5.02 Å². The van der Waals surface area contributed by atoms with E-state index < -0.39 is 22.9 Å². The minimum Gasteiger partial charge on any atom is -0.321 e. The lowest BCUT2D eigenvalue weighted by Gasteiger charge is -2.17. The van der Waals surface area contributed by atoms with E-state index in [1.54, 1.807) is 48.5 Å². The number of anilines is 2. The molecule has 1 unspecified atom stereocenters. The maximum atomic E-state index is 14.8. The number of benzene rings is 5. The zero-order valence-corrected chi connectivity index (χ0v) is 30.4. The third-order valence-electron chi connectivity index (χ3n) is 7.86. The van der Waals surface area contributed by atoms with Crippen molar-refractivity contribution >= 4 is 69.3 Å². The van der Waals surface area contributed by atoms with Crippen LogP contribution in [-0.4, -0.2) is 22.7 Å². The van der Waals surface area contributed by atoms with Gasteiger partial charge in [-0.1, -0.05) is 102 Å². The summed E-state index contributed by atoms with van der Waals surface area (Å²) in [7, 11) is 0. The Morgan fingerprint density at radius 3 is 2.23 bits per heavy atom. The van der Waals surface area contributed by atoms with Crippen LogP contribution in [0.15, 0.2) is 138 Å². The molecule has 3 amide bonds. The first kappa shape index (κ1) is 36.2. The highest BCUT2D eigenvalue weighted by Gasteiger charge is 2.24. The van der Waals surface area contributed by atoms with Crippen LogP contribution >= 0.6 is 34.7 Å². The van der Waals surface area contributed by atoms with Gasteiger partial charge in [0, 0.05) is 32.2 Å². The molecule has 6 rings (SSSR count). The van der Waals surface area contributed by atoms with Gasteiger partial charge in [-0.2, -0.15) is 0 Å². The molecule has 1 aromatic heterocycles. The molecule has 0 bridgehead atoms. The summed E-state index contributed by atoms with van der Waals surface area (Å²) in [5.74, 6) is -2.18. The lowest BCUT2D eigenvalue weighted by molar-refractivity contribution is -0.116. The van der Waals surface area contributed by atoms with Gasteiger partial charge in [0.15, 0.2) is 5.13 Å². The fraction of sp³-hybridized carbons (Fsp3) is 0.0732. The lowest BCUT2D eigenvalue weighted by Crippen LogP contribution is -2.30. The Balaban J connectivity index is 1.23. The van der Waals surface area contributed by atoms with Gasteiger partial charge in [0.2, 0.25) is 5.91 Å². The fourth-order valence-corrected chi connectivity index (χ4v) is 7.36. The Kier molecular flexibility index (Phi) is 11.6. The predicted octanol–water partition coefficient (Wildman–Crippen LogP) is 10.1. The van der Waals surface area contributed by atoms with Crippen molar-refractivity contribution in [2.75, 3.05) is 10.6 Å². The molecular formula is C41H32ClFN4O3S2. The second kappa shape index (κ2) is 16.6. The third-order valence-corrected chi connectivity index (χ3v) is 10.3. The molecule has 1 heterocycles. The highest BCUT2D eigenvalue weighted by atomic mass is 35.5. The molecule has 260 valence electrons. The number of aromatic nitrogens is 1. The van der Waals surface area contributed by atoms with Crippen LogP contribution in [0.5, 0.6) is 0 Å². The Morgan fingerprint density at radius 2 is 1.52 bits per heavy atom. The van der Waals surface area contributed by atoms with E-state index in [0.29, 0.717) is 21.3 Å². The second-order valence-corrected chi connectivity index (χ2v) is 14.5. The van der Waals surface area contributed by atoms with E-state index in [-0.39, 0.29) is 22.2 Å². The van der Waals surface area contributed by atoms with E-state index in [1.807, 2.05) is 74.5 Å². The zero-order valence-electron chi connectivity index (χ0n) is 28.0. The van der Waals surface area contributed by atoms with E-state index >= 15 is 0 Å². The number of rotatable bonds is 11. The highest BCUT2D eigenvalue weighted by molar-refractivity contribution is 8.00. The molecule has 0 radical (unpaired) electrons. The second-order valence-electron chi connectivity index (χ2n) is 11.7. The summed E-state index contributed by atoms with van der Waals surface area (Å²) in [6.45, 7) is 4.00. The number of thioether (sulfide) groups is 1. The van der Waals surface area contributed by atoms with Crippen LogP contribution < -0.4 is 16.0 Å². The van der Waals surface area contributed by atoms with Crippen LogP contribution in [-0.2, 0) is 9.59 Å². The van der Waals surface area contributed by atoms with E-state index in [2.05, 4.69) is 16.0 Å². The largest absolute Gasteiger partial charge is 0.321 e. The molecule has 3 N–H and O–H groups in total. The van der Waals surface area contributed by atoms with Crippen molar-refractivity contribution < 1.29 is 18.8 Å². The Bertz CT molecular complexity index is 2240. The molecule has 7 nitrogen and oxygen atoms in total. The number of carbonyl (C=O) groups is 3. The van der Waals surface area contributed by atoms with Gasteiger partial charge in [-0.25, -0.2) is 9.37 Å². The van der Waals surface area contributed by atoms with Gasteiger partial charge >= 0.3 is 0 Å². The summed E-state index contributed by atoms with van der Waals surface area (Å²) < 4.78 is 14.8. The van der Waals surface area contributed by atoms with Crippen LogP contribution in [0.25, 0.3) is 17.3 Å². The molecule has 52 heavy (non-hydrogen) atoms. The molecule has 0 spiro atoms. The van der Waals surface area contributed by atoms with E-state index in [1.165, 1.54) is 47.4 Å². The topological polar surface area (TPSA) is 100 Å². The standard InChI is InChI=1S/C41H32ClFN4O3S2/c1-25-19-21-27(22-20-25)36-26(2)51-41(46-36)47-40(50)37(28-11-5-3-6-12-28)52-31-16-9-15-30(23-31)44-39(49)35(24-32-33(42)17-10-18-34(32)43)45-38(48)29-13-7-4-8-14-29/h3-24,37H,1-2H3,(H,44,49)(H,45,48)(H,46,47,50)/b35-24+. The summed E-state index contributed by atoms with van der Waals surface area (Å²) >= 11 is 8.98. The molecule has 0 aliphatic carbocycles. The molecule has 0 aliphatic rings. The number of aryl methyl sites for hydroxylation is 2. The molecule has 11 heteroatoms. The molecule has 5 aromatic carbocycles. The van der Waals surface area contributed by atoms with E-state index in [4.69, 9.17) is 16.6 Å². The molecule has 1 atom stereocenters. The molecule has 0 aliphatic heterocycles. The van der Waals surface area contributed by atoms with Crippen LogP contribution in [0.4, 0.5) is 15.2 Å². The van der Waals surface area contributed by atoms with Crippen molar-refractivity contribution in [3.05, 3.63) is 171 Å². The normalized spacial score (nSPS) is 11.8. The minimum absolute atomic E-state index is 0.0508. The van der Waals surface area contributed by atoms with Gasteiger partial charge in [-0.05, 0) is 68.0 Å². The number of nitrogens with one attached hydrogen (secondary N) is 3. The van der Waals surface area contributed by atoms with Gasteiger partial charge in [-0.15, -0.1) is 23.1 Å². The maximum absolute atomic E-state index is 14.8. The first-order chi connectivity index (χ1) is 25.1. The van der Waals surface area contributed by atoms with Gasteiger partial charge in [0.05, 0.1) is 10.7 Å². The molecule has 0 saturated heterocycles. The zero-order chi connectivity index (χ0) is 36.6. The predicted molar refractivity (Wildman–Crippen MR) is 209 cm³/mol. The SMILES string of the molecule is Cc1ccc(-c2nc(NC(=O)C(Sc3cccc(NC(=O)/C(=C\c4c(F)cccc4Cl)NC(=O)c4ccccc4)c3)c3ccccc3)sc2C)cc1. The Morgan fingerprint density at radius 1 is 0.827 bits per heavy atom. The molecule has 6 aromatic rings. The van der Waals surface area contributed by atoms with Gasteiger partial charge in [0.1, 0.15) is 16.8 Å². The van der Waals surface area contributed by atoms with E-state index in [9.17, 15) is 18.8 Å². The van der Waals surface area contributed by atoms with Crippen molar-refractivity contribution in [1.82, 2.24) is 10.3 Å². The van der Waals surface area contributed by atoms with E-state index in [0.717, 1.165) is 27.3 Å². The summed E-state index contributed by atoms with van der Waals surface area (Å²) in [6, 6.07) is 37.0. The van der Waals surface area contributed by atoms with Gasteiger partial charge in [-0.3, -0.25) is 14.4 Å². The summed E-state index contributed by atoms with van der Waals surface area (Å²) in [6.07, 6.45) is 1.20. The number of hydrogen-bond acceptors (Lipinski definition) is 6. The number of amides is 3. The average Bonchev–Trinajstić information content (AvgIpc) is 3.51. The fourth-order valence-electron chi connectivity index (χ4n) is 5.22. The smallest absolute Gasteiger partial charge is 0.272 e. The van der Waals surface area contributed by atoms with Gasteiger partial charge in [0.25, 0.3) is 11.8 Å². The Hall–Kier alpha value is -5.55. The first-order valence-electron chi connectivity index (χ1n) is 16.1. The van der Waals surface area contributed by atoms with Gasteiger partial charge < -0.3 is 16.0 Å². The summed E-state index contributed by atoms with van der Waals surface area (Å²) in [5.41, 5.74) is 4.15. The first-order valence-corrected chi connectivity index (χ1v) is 18.2. The van der Waals surface area contributed by atoms with Crippen LogP contribution in [0.3, 0.4) is 0 Å². The maximum Gasteiger partial charge on any atom is 0.272 e. The van der Waals surface area contributed by atoms with Crippen molar-refractivity contribution in [3.8, 4) is 11.3 Å². The third kappa shape index (κ3) is 9.02. The highest BCUT2D eigenvalue weighted by Crippen LogP contribution is 2.38. The monoisotopic (exact) mass is 746 g/mol. The number of carbonyl (C=O) groups excluding carboxylic acids is 3. The number of halogens is 2. The lowest BCUT2D eigenvalue weighted by atomic mass is 10.1. The summed E-state index contributed by atoms with van der Waals surface area (Å²) in [4.78, 5) is 47.1. The molecule has 0 saturated carbocycles. The summed E-state index contributed by atoms with van der Waals surface area (Å²) in [5, 5.41) is 8.32. The Labute approximate surface area is 314 Å². The van der Waals surface area contributed by atoms with Crippen LogP contribution in [0.1, 0.15) is 37.2 Å². The number of hydrogen-bond donors (Lipinski definition) is 3. The van der Waals surface area contributed by atoms with Crippen molar-refractivity contribution in [2.24, 2.45) is 0 Å². The average molecular weight is 747 g/mol. The van der Waals surface area contributed by atoms with Crippen molar-refractivity contribution in [3.63, 3.8) is 0 Å². The van der Waals surface area contributed by atoms with Crippen LogP contribution in [0, 0.1) is 19.7 Å². The number of nitrogens with zero attached hydrogens (tertiary/aromatic N) is 1. The quantitative estimate of drug-likeness (QED) is 0.0906. The molecular weight excluding hydrogens is 715 g/mol. The van der Waals surface area contributed by atoms with Crippen molar-refractivity contribution in [1.29, 1.82) is 0 Å².